The van der Waals surface area contributed by atoms with Crippen LogP contribution in [0.4, 0.5) is 11.4 Å². The van der Waals surface area contributed by atoms with Crippen molar-refractivity contribution in [1.29, 1.82) is 0 Å². The molecule has 204 valence electrons. The SMILES string of the molecule is O=[N+]([O-])c1ccc(C2CC(c3ccc(Sc4ccc(C5=NOC(c6ccc([N+](=O)[O-])cc6)C5)cc4)cc3)=NO2)cc1. The average molecular weight is 567 g/mol. The van der Waals surface area contributed by atoms with E-state index in [9.17, 15) is 20.2 Å². The molecule has 4 aromatic rings. The molecule has 0 N–H and O–H groups in total. The molecule has 2 atom stereocenters. The molecule has 0 saturated carbocycles. The Morgan fingerprint density at radius 2 is 0.951 bits per heavy atom. The number of hydrogen-bond donors (Lipinski definition) is 0. The number of oxime groups is 2. The summed E-state index contributed by atoms with van der Waals surface area (Å²) in [4.78, 5) is 34.3. The molecule has 0 radical (unpaired) electrons. The maximum atomic E-state index is 10.9. The maximum absolute atomic E-state index is 10.9. The van der Waals surface area contributed by atoms with Gasteiger partial charge in [-0.15, -0.1) is 0 Å². The van der Waals surface area contributed by atoms with Gasteiger partial charge in [0, 0.05) is 46.9 Å². The lowest BCUT2D eigenvalue weighted by atomic mass is 10.0. The highest BCUT2D eigenvalue weighted by molar-refractivity contribution is 7.99. The number of nitro groups is 2. The van der Waals surface area contributed by atoms with E-state index in [1.165, 1.54) is 24.3 Å². The van der Waals surface area contributed by atoms with Crippen molar-refractivity contribution in [2.45, 2.75) is 34.8 Å². The van der Waals surface area contributed by atoms with Crippen LogP contribution in [0.1, 0.15) is 47.3 Å². The van der Waals surface area contributed by atoms with E-state index < -0.39 is 9.85 Å². The summed E-state index contributed by atoms with van der Waals surface area (Å²) in [5.41, 5.74) is 5.40. The second-order valence-corrected chi connectivity index (χ2v) is 10.7. The van der Waals surface area contributed by atoms with Gasteiger partial charge >= 0.3 is 0 Å². The molecular formula is C30H22N4O6S. The molecule has 0 amide bonds. The number of hydrogen-bond acceptors (Lipinski definition) is 9. The van der Waals surface area contributed by atoms with Gasteiger partial charge in [0.15, 0.2) is 12.2 Å². The zero-order chi connectivity index (χ0) is 28.3. The molecule has 4 aromatic carbocycles. The maximum Gasteiger partial charge on any atom is 0.269 e. The van der Waals surface area contributed by atoms with E-state index in [2.05, 4.69) is 10.3 Å². The molecule has 0 spiro atoms. The van der Waals surface area contributed by atoms with Crippen LogP contribution in [-0.4, -0.2) is 21.3 Å². The van der Waals surface area contributed by atoms with Crippen LogP contribution in [0.25, 0.3) is 0 Å². The third kappa shape index (κ3) is 5.80. The van der Waals surface area contributed by atoms with Gasteiger partial charge in [0.25, 0.3) is 11.4 Å². The Hall–Kier alpha value is -5.03. The van der Waals surface area contributed by atoms with Gasteiger partial charge in [-0.2, -0.15) is 0 Å². The minimum absolute atomic E-state index is 0.0465. The monoisotopic (exact) mass is 566 g/mol. The second-order valence-electron chi connectivity index (χ2n) is 9.52. The standard InChI is InChI=1S/C30H22N4O6S/c35-33(36)23-9-1-21(2-10-23)29-17-27(31-39-29)19-5-13-25(14-6-19)41-26-15-7-20(8-16-26)28-18-30(40-32-28)22-3-11-24(12-4-22)34(37)38/h1-16,29-30H,17-18H2. The van der Waals surface area contributed by atoms with E-state index in [1.807, 2.05) is 48.5 Å². The van der Waals surface area contributed by atoms with E-state index in [0.29, 0.717) is 12.8 Å². The molecule has 0 aliphatic carbocycles. The summed E-state index contributed by atoms with van der Waals surface area (Å²) in [5.74, 6) is 0. The summed E-state index contributed by atoms with van der Waals surface area (Å²) in [6, 6.07) is 28.9. The summed E-state index contributed by atoms with van der Waals surface area (Å²) in [6.45, 7) is 0. The zero-order valence-electron chi connectivity index (χ0n) is 21.5. The quantitative estimate of drug-likeness (QED) is 0.161. The number of nitrogens with zero attached hydrogens (tertiary/aromatic N) is 4. The van der Waals surface area contributed by atoms with Crippen molar-refractivity contribution in [3.8, 4) is 0 Å². The first-order chi connectivity index (χ1) is 19.9. The van der Waals surface area contributed by atoms with Crippen LogP contribution < -0.4 is 0 Å². The Kier molecular flexibility index (Phi) is 7.17. The third-order valence-corrected chi connectivity index (χ3v) is 7.92. The first-order valence-corrected chi connectivity index (χ1v) is 13.6. The Morgan fingerprint density at radius 1 is 0.585 bits per heavy atom. The number of rotatable bonds is 8. The van der Waals surface area contributed by atoms with Crippen LogP contribution in [-0.2, 0) is 9.68 Å². The Morgan fingerprint density at radius 3 is 1.29 bits per heavy atom. The number of non-ortho nitro benzene ring substituents is 2. The smallest absolute Gasteiger partial charge is 0.269 e. The second kappa shape index (κ2) is 11.2. The van der Waals surface area contributed by atoms with Gasteiger partial charge < -0.3 is 9.68 Å². The van der Waals surface area contributed by atoms with Gasteiger partial charge in [-0.3, -0.25) is 20.2 Å². The van der Waals surface area contributed by atoms with Gasteiger partial charge in [-0.25, -0.2) is 0 Å². The van der Waals surface area contributed by atoms with Crippen molar-refractivity contribution in [3.05, 3.63) is 140 Å². The molecule has 2 unspecified atom stereocenters. The zero-order valence-corrected chi connectivity index (χ0v) is 22.3. The summed E-state index contributed by atoms with van der Waals surface area (Å²) < 4.78 is 0. The largest absolute Gasteiger partial charge is 0.387 e. The van der Waals surface area contributed by atoms with Crippen molar-refractivity contribution in [2.75, 3.05) is 0 Å². The molecule has 0 bridgehead atoms. The summed E-state index contributed by atoms with van der Waals surface area (Å²) in [7, 11) is 0. The summed E-state index contributed by atoms with van der Waals surface area (Å²) >= 11 is 1.64. The lowest BCUT2D eigenvalue weighted by molar-refractivity contribution is -0.385. The van der Waals surface area contributed by atoms with Crippen LogP contribution in [0.3, 0.4) is 0 Å². The third-order valence-electron chi connectivity index (χ3n) is 6.90. The van der Waals surface area contributed by atoms with Crippen LogP contribution in [0, 0.1) is 20.2 Å². The van der Waals surface area contributed by atoms with E-state index in [1.54, 1.807) is 36.0 Å². The van der Waals surface area contributed by atoms with Crippen molar-refractivity contribution in [1.82, 2.24) is 0 Å². The van der Waals surface area contributed by atoms with Gasteiger partial charge in [0.05, 0.1) is 21.3 Å². The van der Waals surface area contributed by atoms with Gasteiger partial charge in [-0.1, -0.05) is 46.3 Å². The van der Waals surface area contributed by atoms with Crippen molar-refractivity contribution in [3.63, 3.8) is 0 Å². The topological polar surface area (TPSA) is 129 Å². The summed E-state index contributed by atoms with van der Waals surface area (Å²) in [6.07, 6.45) is 0.643. The fourth-order valence-corrected chi connectivity index (χ4v) is 5.46. The molecule has 41 heavy (non-hydrogen) atoms. The lowest BCUT2D eigenvalue weighted by Gasteiger charge is -2.08. The van der Waals surface area contributed by atoms with Crippen LogP contribution in [0.2, 0.25) is 0 Å². The Balaban J connectivity index is 1.03. The minimum atomic E-state index is -0.421. The average Bonchev–Trinajstić information content (AvgIpc) is 3.69. The molecule has 2 aliphatic rings. The van der Waals surface area contributed by atoms with Gasteiger partial charge in [0.2, 0.25) is 0 Å². The Labute approximate surface area is 238 Å². The molecule has 0 aromatic heterocycles. The molecule has 11 heteroatoms. The van der Waals surface area contributed by atoms with Crippen LogP contribution in [0.5, 0.6) is 0 Å². The predicted molar refractivity (Wildman–Crippen MR) is 153 cm³/mol. The molecule has 6 rings (SSSR count). The molecule has 2 aliphatic heterocycles. The molecule has 0 saturated heterocycles. The normalized spacial score (nSPS) is 17.8. The van der Waals surface area contributed by atoms with E-state index in [-0.39, 0.29) is 23.6 Å². The number of nitro benzene ring substituents is 2. The lowest BCUT2D eigenvalue weighted by Crippen LogP contribution is -2.02. The molecule has 2 heterocycles. The fourth-order valence-electron chi connectivity index (χ4n) is 4.64. The Bertz CT molecular complexity index is 1530. The minimum Gasteiger partial charge on any atom is -0.387 e. The van der Waals surface area contributed by atoms with E-state index in [4.69, 9.17) is 9.68 Å². The highest BCUT2D eigenvalue weighted by atomic mass is 32.2. The molecule has 10 nitrogen and oxygen atoms in total. The first-order valence-electron chi connectivity index (χ1n) is 12.8. The summed E-state index contributed by atoms with van der Waals surface area (Å²) in [5, 5.41) is 30.3. The van der Waals surface area contributed by atoms with Crippen molar-refractivity contribution >= 4 is 34.6 Å². The predicted octanol–water partition coefficient (Wildman–Crippen LogP) is 7.39. The first kappa shape index (κ1) is 26.2. The van der Waals surface area contributed by atoms with Crippen LogP contribution in [0.15, 0.2) is 117 Å². The van der Waals surface area contributed by atoms with E-state index >= 15 is 0 Å². The van der Waals surface area contributed by atoms with E-state index in [0.717, 1.165) is 43.5 Å². The molecular weight excluding hydrogens is 544 g/mol. The van der Waals surface area contributed by atoms with Crippen LogP contribution >= 0.6 is 11.8 Å². The number of benzene rings is 4. The van der Waals surface area contributed by atoms with Crippen molar-refractivity contribution < 1.29 is 19.5 Å². The molecule has 0 fully saturated rings. The fraction of sp³-hybridized carbons (Fsp3) is 0.133. The van der Waals surface area contributed by atoms with Crippen molar-refractivity contribution in [2.24, 2.45) is 10.3 Å². The highest BCUT2D eigenvalue weighted by Gasteiger charge is 2.25. The highest BCUT2D eigenvalue weighted by Crippen LogP contribution is 2.34. The van der Waals surface area contributed by atoms with Gasteiger partial charge in [-0.05, 0) is 70.8 Å². The van der Waals surface area contributed by atoms with Gasteiger partial charge in [0.1, 0.15) is 0 Å².